The Morgan fingerprint density at radius 3 is 3.00 bits per heavy atom. The third-order valence-electron chi connectivity index (χ3n) is 3.72. The summed E-state index contributed by atoms with van der Waals surface area (Å²) < 4.78 is 10.6. The van der Waals surface area contributed by atoms with Crippen LogP contribution < -0.4 is 4.74 Å². The molecule has 1 aromatic carbocycles. The Labute approximate surface area is 148 Å². The maximum atomic E-state index is 5.30. The normalized spacial score (nSPS) is 12.6. The van der Waals surface area contributed by atoms with E-state index in [-0.39, 0.29) is 17.1 Å². The average Bonchev–Trinajstić information content (AvgIpc) is 3.21. The van der Waals surface area contributed by atoms with Crippen molar-refractivity contribution in [1.82, 2.24) is 4.98 Å². The van der Waals surface area contributed by atoms with Crippen molar-refractivity contribution < 1.29 is 26.2 Å². The molecular weight excluding hydrogens is 351 g/mol. The third kappa shape index (κ3) is 3.11. The summed E-state index contributed by atoms with van der Waals surface area (Å²) in [6, 6.07) is 9.89. The second kappa shape index (κ2) is 6.71. The summed E-state index contributed by atoms with van der Waals surface area (Å²) in [6.07, 6.45) is 5.36. The Morgan fingerprint density at radius 2 is 2.22 bits per heavy atom. The number of hydrogen-bond acceptors (Lipinski definition) is 5. The van der Waals surface area contributed by atoms with Gasteiger partial charge in [-0.25, -0.2) is 9.98 Å². The number of furan rings is 1. The van der Waals surface area contributed by atoms with Crippen LogP contribution in [0.2, 0.25) is 0 Å². The van der Waals surface area contributed by atoms with Crippen LogP contribution >= 0.6 is 11.3 Å². The van der Waals surface area contributed by atoms with Gasteiger partial charge in [0.15, 0.2) is 0 Å². The van der Waals surface area contributed by atoms with Gasteiger partial charge in [0.05, 0.1) is 25.3 Å². The molecule has 0 atom stereocenters. The smallest absolute Gasteiger partial charge is 0.497 e. The van der Waals surface area contributed by atoms with Gasteiger partial charge in [0.2, 0.25) is 5.13 Å². The van der Waals surface area contributed by atoms with Gasteiger partial charge in [0, 0.05) is 10.4 Å². The number of aromatic nitrogens is 1. The summed E-state index contributed by atoms with van der Waals surface area (Å²) in [7, 11) is 1.69. The second-order valence-electron chi connectivity index (χ2n) is 5.06. The molecule has 0 aliphatic heterocycles. The van der Waals surface area contributed by atoms with Crippen LogP contribution in [0.25, 0.3) is 11.3 Å². The third-order valence-corrected chi connectivity index (χ3v) is 4.74. The molecule has 0 spiro atoms. The largest absolute Gasteiger partial charge is 2.00 e. The number of fused-ring (bicyclic) bond motifs is 3. The topological polar surface area (TPSA) is 47.6 Å². The van der Waals surface area contributed by atoms with Crippen molar-refractivity contribution in [2.75, 3.05) is 7.11 Å². The molecule has 0 N–H and O–H groups in total. The first-order chi connectivity index (χ1) is 10.8. The molecule has 4 rings (SSSR count). The minimum atomic E-state index is 0. The van der Waals surface area contributed by atoms with Gasteiger partial charge >= 0.3 is 17.1 Å². The standard InChI is InChI=1S/C17H14N2O2S.Mn/c1-20-12-5-6-14-11(9-12)4-7-15-16(14)19-17(22-15)18-10-13-3-2-8-21-13;/h2-3,5-6,8-10H,4,7H2,1H3;/q;+2/b18-10+;. The van der Waals surface area contributed by atoms with Crippen LogP contribution in [-0.2, 0) is 29.9 Å². The molecule has 0 unspecified atom stereocenters. The molecule has 3 aromatic rings. The van der Waals surface area contributed by atoms with Crippen LogP contribution in [-0.4, -0.2) is 18.3 Å². The molecule has 23 heavy (non-hydrogen) atoms. The second-order valence-corrected chi connectivity index (χ2v) is 6.13. The van der Waals surface area contributed by atoms with E-state index in [1.807, 2.05) is 18.2 Å². The van der Waals surface area contributed by atoms with E-state index in [2.05, 4.69) is 22.1 Å². The fourth-order valence-corrected chi connectivity index (χ4v) is 3.56. The number of benzene rings is 1. The first-order valence-electron chi connectivity index (χ1n) is 7.08. The van der Waals surface area contributed by atoms with Crippen LogP contribution in [0.4, 0.5) is 5.13 Å². The number of thiazole rings is 1. The minimum Gasteiger partial charge on any atom is -0.497 e. The van der Waals surface area contributed by atoms with Crippen molar-refractivity contribution >= 4 is 22.7 Å². The first kappa shape index (κ1) is 16.0. The molecule has 0 saturated carbocycles. The summed E-state index contributed by atoms with van der Waals surface area (Å²) in [5.41, 5.74) is 3.54. The van der Waals surface area contributed by atoms with E-state index in [0.29, 0.717) is 0 Å². The van der Waals surface area contributed by atoms with E-state index in [4.69, 9.17) is 9.15 Å². The predicted molar refractivity (Wildman–Crippen MR) is 87.5 cm³/mol. The molecule has 4 nitrogen and oxygen atoms in total. The quantitative estimate of drug-likeness (QED) is 0.515. The number of aliphatic imine (C=N–C) groups is 1. The zero-order valence-corrected chi connectivity index (χ0v) is 14.4. The van der Waals surface area contributed by atoms with Gasteiger partial charge < -0.3 is 9.15 Å². The van der Waals surface area contributed by atoms with Crippen LogP contribution in [0.15, 0.2) is 46.0 Å². The Bertz CT molecular complexity index is 840. The van der Waals surface area contributed by atoms with Crippen molar-refractivity contribution in [3.8, 4) is 17.0 Å². The Morgan fingerprint density at radius 1 is 1.30 bits per heavy atom. The van der Waals surface area contributed by atoms with Crippen molar-refractivity contribution in [3.63, 3.8) is 0 Å². The van der Waals surface area contributed by atoms with Gasteiger partial charge in [-0.3, -0.25) is 0 Å². The number of rotatable bonds is 3. The van der Waals surface area contributed by atoms with Gasteiger partial charge in [-0.05, 0) is 48.7 Å². The molecule has 115 valence electrons. The summed E-state index contributed by atoms with van der Waals surface area (Å²) >= 11 is 1.65. The maximum absolute atomic E-state index is 5.30. The fraction of sp³-hybridized carbons (Fsp3) is 0.176. The zero-order valence-electron chi connectivity index (χ0n) is 12.5. The Hall–Kier alpha value is -1.88. The number of nitrogens with zero attached hydrogens (tertiary/aromatic N) is 2. The predicted octanol–water partition coefficient (Wildman–Crippen LogP) is 4.26. The Balaban J connectivity index is 0.00000156. The summed E-state index contributed by atoms with van der Waals surface area (Å²) in [5.74, 6) is 1.63. The summed E-state index contributed by atoms with van der Waals surface area (Å²) in [4.78, 5) is 10.4. The van der Waals surface area contributed by atoms with Gasteiger partial charge in [0.1, 0.15) is 11.5 Å². The van der Waals surface area contributed by atoms with E-state index in [0.717, 1.165) is 35.2 Å². The summed E-state index contributed by atoms with van der Waals surface area (Å²) in [5, 5.41) is 0.769. The Kier molecular flexibility index (Phi) is 4.66. The molecule has 6 heteroatoms. The number of methoxy groups -OCH3 is 1. The number of aryl methyl sites for hydroxylation is 2. The van der Waals surface area contributed by atoms with Crippen LogP contribution in [0.5, 0.6) is 5.75 Å². The zero-order chi connectivity index (χ0) is 14.9. The van der Waals surface area contributed by atoms with Crippen LogP contribution in [0.3, 0.4) is 0 Å². The summed E-state index contributed by atoms with van der Waals surface area (Å²) in [6.45, 7) is 0. The molecular formula is C17H14MnN2O2S+2. The van der Waals surface area contributed by atoms with E-state index >= 15 is 0 Å². The monoisotopic (exact) mass is 365 g/mol. The molecule has 2 heterocycles. The van der Waals surface area contributed by atoms with Crippen molar-refractivity contribution in [1.29, 1.82) is 0 Å². The van der Waals surface area contributed by atoms with Gasteiger partial charge in [0.25, 0.3) is 0 Å². The molecule has 0 fully saturated rings. The minimum absolute atomic E-state index is 0. The average molecular weight is 365 g/mol. The molecule has 0 saturated heterocycles. The van der Waals surface area contributed by atoms with E-state index in [1.165, 1.54) is 16.0 Å². The van der Waals surface area contributed by atoms with Gasteiger partial charge in [-0.2, -0.15) is 0 Å². The van der Waals surface area contributed by atoms with Crippen LogP contribution in [0, 0.1) is 0 Å². The van der Waals surface area contributed by atoms with Crippen molar-refractivity contribution in [3.05, 3.63) is 52.8 Å². The van der Waals surface area contributed by atoms with Crippen molar-refractivity contribution in [2.24, 2.45) is 4.99 Å². The van der Waals surface area contributed by atoms with E-state index in [9.17, 15) is 0 Å². The number of ether oxygens (including phenoxy) is 1. The molecule has 1 aliphatic carbocycles. The fourth-order valence-electron chi connectivity index (χ4n) is 2.64. The van der Waals surface area contributed by atoms with E-state index in [1.54, 1.807) is 30.9 Å². The molecule has 0 bridgehead atoms. The number of hydrogen-bond donors (Lipinski definition) is 0. The van der Waals surface area contributed by atoms with Crippen LogP contribution in [0.1, 0.15) is 16.2 Å². The van der Waals surface area contributed by atoms with E-state index < -0.39 is 0 Å². The van der Waals surface area contributed by atoms with Gasteiger partial charge in [-0.1, -0.05) is 11.3 Å². The van der Waals surface area contributed by atoms with Gasteiger partial charge in [-0.15, -0.1) is 0 Å². The molecule has 2 aromatic heterocycles. The molecule has 1 radical (unpaired) electrons. The molecule has 0 amide bonds. The first-order valence-corrected chi connectivity index (χ1v) is 7.90. The van der Waals surface area contributed by atoms with Crippen molar-refractivity contribution in [2.45, 2.75) is 12.8 Å². The molecule has 1 aliphatic rings. The SMILES string of the molecule is COc1ccc2c(c1)CCc1sc(/N=C/c3ccco3)nc1-2.[Mn+2]. The maximum Gasteiger partial charge on any atom is 2.00 e.